The van der Waals surface area contributed by atoms with Gasteiger partial charge in [0, 0.05) is 31.4 Å². The number of benzene rings is 1. The Morgan fingerprint density at radius 2 is 1.73 bits per heavy atom. The molecule has 0 bridgehead atoms. The van der Waals surface area contributed by atoms with Crippen LogP contribution in [0.25, 0.3) is 0 Å². The molecule has 15 heavy (non-hydrogen) atoms. The molecule has 0 unspecified atom stereocenters. The lowest BCUT2D eigenvalue weighted by Gasteiger charge is -2.15. The van der Waals surface area contributed by atoms with E-state index in [1.165, 1.54) is 16.3 Å². The highest BCUT2D eigenvalue weighted by Crippen LogP contribution is 2.24. The molecule has 0 aliphatic rings. The quantitative estimate of drug-likeness (QED) is 0.328. The van der Waals surface area contributed by atoms with E-state index in [2.05, 4.69) is 79.9 Å². The van der Waals surface area contributed by atoms with Crippen LogP contribution in [-0.2, 0) is 15.9 Å². The maximum atomic E-state index is 5.21. The Kier molecular flexibility index (Phi) is 6.64. The number of rotatable bonds is 4. The van der Waals surface area contributed by atoms with Gasteiger partial charge in [0.05, 0.1) is 0 Å². The Labute approximate surface area is 131 Å². The first kappa shape index (κ1) is 14.4. The van der Waals surface area contributed by atoms with Gasteiger partial charge >= 0.3 is 0 Å². The summed E-state index contributed by atoms with van der Waals surface area (Å²) in [4.78, 5) is 0. The van der Waals surface area contributed by atoms with E-state index in [0.717, 1.165) is 6.42 Å². The lowest BCUT2D eigenvalue weighted by atomic mass is 10.1. The van der Waals surface area contributed by atoms with Crippen molar-refractivity contribution < 1.29 is 9.47 Å². The average molecular weight is 544 g/mol. The van der Waals surface area contributed by atoms with Gasteiger partial charge in [-0.15, -0.1) is 0 Å². The summed E-state index contributed by atoms with van der Waals surface area (Å²) in [6.07, 6.45) is 0.630. The molecular weight excluding hydrogens is 533 g/mol. The van der Waals surface area contributed by atoms with Gasteiger partial charge in [0.2, 0.25) is 0 Å². The van der Waals surface area contributed by atoms with Crippen molar-refractivity contribution in [2.45, 2.75) is 12.7 Å². The van der Waals surface area contributed by atoms with E-state index in [1.54, 1.807) is 14.2 Å². The van der Waals surface area contributed by atoms with Gasteiger partial charge in [-0.2, -0.15) is 0 Å². The van der Waals surface area contributed by atoms with Crippen LogP contribution in [0.3, 0.4) is 0 Å². The van der Waals surface area contributed by atoms with Crippen molar-refractivity contribution in [2.75, 3.05) is 14.2 Å². The third kappa shape index (κ3) is 4.25. The molecule has 0 amide bonds. The number of hydrogen-bond donors (Lipinski definition) is 0. The lowest BCUT2D eigenvalue weighted by molar-refractivity contribution is -0.100. The molecule has 5 heteroatoms. The topological polar surface area (TPSA) is 18.5 Å². The summed E-state index contributed by atoms with van der Waals surface area (Å²) < 4.78 is 14.2. The van der Waals surface area contributed by atoms with Crippen LogP contribution in [0.4, 0.5) is 0 Å². The molecule has 0 saturated carbocycles. The third-order valence-electron chi connectivity index (χ3n) is 1.98. The minimum absolute atomic E-state index is 0.160. The van der Waals surface area contributed by atoms with Crippen LogP contribution >= 0.6 is 67.8 Å². The van der Waals surface area contributed by atoms with Gasteiger partial charge in [-0.1, -0.05) is 0 Å². The zero-order chi connectivity index (χ0) is 11.4. The second-order valence-electron chi connectivity index (χ2n) is 2.97. The zero-order valence-corrected chi connectivity index (χ0v) is 14.9. The molecule has 0 saturated heterocycles. The van der Waals surface area contributed by atoms with Crippen LogP contribution in [0.15, 0.2) is 12.1 Å². The molecule has 0 N–H and O–H groups in total. The largest absolute Gasteiger partial charge is 0.356 e. The number of ether oxygens (including phenoxy) is 2. The molecule has 0 aliphatic heterocycles. The minimum Gasteiger partial charge on any atom is -0.356 e. The molecule has 2 nitrogen and oxygen atoms in total. The molecule has 0 heterocycles. The Morgan fingerprint density at radius 1 is 1.13 bits per heavy atom. The van der Waals surface area contributed by atoms with Gasteiger partial charge in [0.15, 0.2) is 6.29 Å². The van der Waals surface area contributed by atoms with E-state index in [9.17, 15) is 0 Å². The summed E-state index contributed by atoms with van der Waals surface area (Å²) in [7, 11) is 3.33. The molecule has 1 aromatic carbocycles. The molecule has 1 aromatic rings. The fourth-order valence-corrected chi connectivity index (χ4v) is 3.70. The molecule has 0 spiro atoms. The highest BCUT2D eigenvalue weighted by Gasteiger charge is 2.12. The number of halogens is 3. The fraction of sp³-hybridized carbons (Fsp3) is 0.400. The molecule has 0 aromatic heterocycles. The fourth-order valence-electron chi connectivity index (χ4n) is 1.20. The molecule has 0 aliphatic carbocycles. The van der Waals surface area contributed by atoms with Gasteiger partial charge in [-0.05, 0) is 85.5 Å². The maximum absolute atomic E-state index is 5.21. The summed E-state index contributed by atoms with van der Waals surface area (Å²) in [6, 6.07) is 4.34. The van der Waals surface area contributed by atoms with Crippen LogP contribution in [0, 0.1) is 10.7 Å². The first-order valence-electron chi connectivity index (χ1n) is 4.27. The number of hydrogen-bond acceptors (Lipinski definition) is 2. The van der Waals surface area contributed by atoms with Crippen molar-refractivity contribution in [3.8, 4) is 0 Å². The standard InChI is InChI=1S/C10H11I3O2/c1-14-9(15-2)4-6-3-7(11)5-8(12)10(6)13/h3,5,9H,4H2,1-2H3. The summed E-state index contributed by atoms with van der Waals surface area (Å²) >= 11 is 7.05. The monoisotopic (exact) mass is 544 g/mol. The van der Waals surface area contributed by atoms with E-state index < -0.39 is 0 Å². The Balaban J connectivity index is 2.93. The maximum Gasteiger partial charge on any atom is 0.160 e. The van der Waals surface area contributed by atoms with Crippen LogP contribution in [0.1, 0.15) is 5.56 Å². The van der Waals surface area contributed by atoms with Crippen molar-refractivity contribution in [2.24, 2.45) is 0 Å². The van der Waals surface area contributed by atoms with Gasteiger partial charge in [-0.25, -0.2) is 0 Å². The second kappa shape index (κ2) is 6.92. The molecule has 0 atom stereocenters. The molecule has 1 rings (SSSR count). The Hall–Kier alpha value is 1.33. The van der Waals surface area contributed by atoms with Crippen molar-refractivity contribution in [1.82, 2.24) is 0 Å². The summed E-state index contributed by atoms with van der Waals surface area (Å²) in [5, 5.41) is 0. The lowest BCUT2D eigenvalue weighted by Crippen LogP contribution is -2.17. The van der Waals surface area contributed by atoms with E-state index in [-0.39, 0.29) is 6.29 Å². The highest BCUT2D eigenvalue weighted by atomic mass is 127. The Bertz CT molecular complexity index is 338. The zero-order valence-electron chi connectivity index (χ0n) is 8.39. The van der Waals surface area contributed by atoms with Crippen molar-refractivity contribution in [3.63, 3.8) is 0 Å². The second-order valence-corrected chi connectivity index (χ2v) is 6.45. The van der Waals surface area contributed by atoms with Gasteiger partial charge in [0.1, 0.15) is 0 Å². The van der Waals surface area contributed by atoms with Crippen LogP contribution in [-0.4, -0.2) is 20.5 Å². The van der Waals surface area contributed by atoms with E-state index in [0.29, 0.717) is 0 Å². The van der Waals surface area contributed by atoms with Gasteiger partial charge < -0.3 is 9.47 Å². The molecule has 84 valence electrons. The van der Waals surface area contributed by atoms with Crippen LogP contribution < -0.4 is 0 Å². The smallest absolute Gasteiger partial charge is 0.160 e. The summed E-state index contributed by atoms with van der Waals surface area (Å²) in [5.74, 6) is 0. The van der Waals surface area contributed by atoms with Crippen molar-refractivity contribution in [1.29, 1.82) is 0 Å². The van der Waals surface area contributed by atoms with Crippen molar-refractivity contribution in [3.05, 3.63) is 28.4 Å². The first-order chi connectivity index (χ1) is 7.08. The van der Waals surface area contributed by atoms with Gasteiger partial charge in [-0.3, -0.25) is 0 Å². The number of methoxy groups -OCH3 is 2. The van der Waals surface area contributed by atoms with Crippen LogP contribution in [0.5, 0.6) is 0 Å². The average Bonchev–Trinajstić information content (AvgIpc) is 2.21. The normalized spacial score (nSPS) is 11.1. The predicted molar refractivity (Wildman–Crippen MR) is 86.1 cm³/mol. The first-order valence-corrected chi connectivity index (χ1v) is 7.51. The predicted octanol–water partition coefficient (Wildman–Crippen LogP) is 3.66. The van der Waals surface area contributed by atoms with Crippen LogP contribution in [0.2, 0.25) is 0 Å². The van der Waals surface area contributed by atoms with Crippen molar-refractivity contribution >= 4 is 67.8 Å². The van der Waals surface area contributed by atoms with E-state index in [1.807, 2.05) is 0 Å². The Morgan fingerprint density at radius 3 is 2.27 bits per heavy atom. The third-order valence-corrected chi connectivity index (χ3v) is 5.76. The molecular formula is C10H11I3O2. The molecule has 0 fully saturated rings. The van der Waals surface area contributed by atoms with Gasteiger partial charge in [0.25, 0.3) is 0 Å². The molecule has 0 radical (unpaired) electrons. The summed E-state index contributed by atoms with van der Waals surface area (Å²) in [5.41, 5.74) is 1.28. The summed E-state index contributed by atoms with van der Waals surface area (Å²) in [6.45, 7) is 0. The SMILES string of the molecule is COC(Cc1cc(I)cc(I)c1I)OC. The van der Waals surface area contributed by atoms with E-state index in [4.69, 9.17) is 9.47 Å². The van der Waals surface area contributed by atoms with E-state index >= 15 is 0 Å². The highest BCUT2D eigenvalue weighted by molar-refractivity contribution is 14.1. The minimum atomic E-state index is -0.160.